The van der Waals surface area contributed by atoms with Gasteiger partial charge in [-0.1, -0.05) is 18.2 Å². The zero-order valence-corrected chi connectivity index (χ0v) is 9.08. The second kappa shape index (κ2) is 6.70. The Hall–Kier alpha value is -0.784. The van der Waals surface area contributed by atoms with Gasteiger partial charge in [0.05, 0.1) is 11.6 Å². The fourth-order valence-corrected chi connectivity index (χ4v) is 1.01. The highest BCUT2D eigenvalue weighted by Crippen LogP contribution is 2.05. The first kappa shape index (κ1) is 12.2. The van der Waals surface area contributed by atoms with Crippen LogP contribution in [-0.4, -0.2) is 23.1 Å². The second-order valence-electron chi connectivity index (χ2n) is 2.64. The number of benzene rings is 1. The van der Waals surface area contributed by atoms with Gasteiger partial charge >= 0.3 is 0 Å². The monoisotopic (exact) mass is 181 g/mol. The Morgan fingerprint density at radius 1 is 1.31 bits per heavy atom. The Kier molecular flexibility index (Phi) is 6.30. The van der Waals surface area contributed by atoms with Gasteiger partial charge in [0.1, 0.15) is 0 Å². The molecule has 1 nitrogen and oxygen atoms in total. The van der Waals surface area contributed by atoms with Crippen LogP contribution in [0.5, 0.6) is 0 Å². The summed E-state index contributed by atoms with van der Waals surface area (Å²) in [6, 6.07) is 9.76. The van der Waals surface area contributed by atoms with E-state index in [9.17, 15) is 0 Å². The summed E-state index contributed by atoms with van der Waals surface area (Å²) in [4.78, 5) is 0. The molecule has 0 fully saturated rings. The molecule has 2 radical (unpaired) electrons. The average Bonchev–Trinajstić information content (AvgIpc) is 2.15. The van der Waals surface area contributed by atoms with Crippen molar-refractivity contribution in [2.75, 3.05) is 0 Å². The molecule has 1 aromatic carbocycles. The van der Waals surface area contributed by atoms with Crippen molar-refractivity contribution in [3.05, 3.63) is 48.0 Å². The van der Waals surface area contributed by atoms with E-state index in [2.05, 4.69) is 12.6 Å². The van der Waals surface area contributed by atoms with Gasteiger partial charge in [-0.3, -0.25) is 0 Å². The molecule has 0 amide bonds. The van der Waals surface area contributed by atoms with Crippen LogP contribution in [0.2, 0.25) is 0 Å². The third kappa shape index (κ3) is 4.11. The third-order valence-corrected chi connectivity index (χ3v) is 1.72. The number of aryl methyl sites for hydroxylation is 1. The molecule has 0 saturated heterocycles. The van der Waals surface area contributed by atoms with Crippen LogP contribution >= 0.6 is 0 Å². The van der Waals surface area contributed by atoms with Crippen molar-refractivity contribution in [1.29, 1.82) is 5.26 Å². The molecule has 0 aliphatic carbocycles. The Balaban J connectivity index is 0.00000144. The van der Waals surface area contributed by atoms with Gasteiger partial charge in [-0.25, -0.2) is 0 Å². The molecule has 0 saturated carbocycles. The van der Waals surface area contributed by atoms with Crippen molar-refractivity contribution in [2.45, 2.75) is 12.8 Å². The van der Waals surface area contributed by atoms with E-state index in [1.165, 1.54) is 5.56 Å². The van der Waals surface area contributed by atoms with E-state index in [1.807, 2.05) is 30.3 Å². The van der Waals surface area contributed by atoms with Crippen LogP contribution in [0.3, 0.4) is 0 Å². The Bertz CT molecular complexity index is 295. The first-order valence-corrected chi connectivity index (χ1v) is 3.97. The highest BCUT2D eigenvalue weighted by Gasteiger charge is 1.91. The molecule has 2 heteroatoms. The second-order valence-corrected chi connectivity index (χ2v) is 2.64. The molecule has 0 spiro atoms. The lowest BCUT2D eigenvalue weighted by molar-refractivity contribution is 1.00. The molecule has 0 unspecified atom stereocenters. The van der Waals surface area contributed by atoms with E-state index >= 15 is 0 Å². The summed E-state index contributed by atoms with van der Waals surface area (Å²) in [7, 11) is 0. The molecular weight excluding hydrogens is 170 g/mol. The Labute approximate surface area is 95.2 Å². The highest BCUT2D eigenvalue weighted by atomic mass is 24.3. The standard InChI is InChI=1S/C11H11N.Mg/c1-2-3-4-10-5-7-11(9-12)8-6-10;/h2,5-8H,1,3-4H2;. The maximum absolute atomic E-state index is 8.54. The maximum atomic E-state index is 8.54. The lowest BCUT2D eigenvalue weighted by Crippen LogP contribution is -1.82. The predicted molar refractivity (Wildman–Crippen MR) is 55.4 cm³/mol. The number of hydrogen-bond donors (Lipinski definition) is 0. The lowest BCUT2D eigenvalue weighted by Gasteiger charge is -1.96. The van der Waals surface area contributed by atoms with Gasteiger partial charge in [0, 0.05) is 23.1 Å². The van der Waals surface area contributed by atoms with Crippen LogP contribution < -0.4 is 0 Å². The molecule has 0 N–H and O–H groups in total. The highest BCUT2D eigenvalue weighted by molar-refractivity contribution is 5.75. The van der Waals surface area contributed by atoms with Crippen molar-refractivity contribution < 1.29 is 0 Å². The zero-order chi connectivity index (χ0) is 8.81. The van der Waals surface area contributed by atoms with Gasteiger partial charge in [0.15, 0.2) is 0 Å². The van der Waals surface area contributed by atoms with Crippen LogP contribution in [-0.2, 0) is 6.42 Å². The van der Waals surface area contributed by atoms with E-state index in [4.69, 9.17) is 5.26 Å². The zero-order valence-electron chi connectivity index (χ0n) is 7.66. The van der Waals surface area contributed by atoms with Crippen molar-refractivity contribution in [2.24, 2.45) is 0 Å². The van der Waals surface area contributed by atoms with Crippen molar-refractivity contribution in [3.8, 4) is 6.07 Å². The van der Waals surface area contributed by atoms with E-state index < -0.39 is 0 Å². The van der Waals surface area contributed by atoms with Crippen LogP contribution in [0.25, 0.3) is 0 Å². The van der Waals surface area contributed by atoms with E-state index in [0.717, 1.165) is 18.4 Å². The fraction of sp³-hybridized carbons (Fsp3) is 0.182. The minimum Gasteiger partial charge on any atom is -0.192 e. The first-order valence-electron chi connectivity index (χ1n) is 3.97. The van der Waals surface area contributed by atoms with Crippen LogP contribution in [0.4, 0.5) is 0 Å². The van der Waals surface area contributed by atoms with Gasteiger partial charge in [0.2, 0.25) is 0 Å². The average molecular weight is 182 g/mol. The van der Waals surface area contributed by atoms with Crippen molar-refractivity contribution in [1.82, 2.24) is 0 Å². The number of nitrogens with zero attached hydrogens (tertiary/aromatic N) is 1. The largest absolute Gasteiger partial charge is 0.192 e. The summed E-state index contributed by atoms with van der Waals surface area (Å²) in [5, 5.41) is 8.54. The van der Waals surface area contributed by atoms with E-state index in [-0.39, 0.29) is 23.1 Å². The number of rotatable bonds is 3. The van der Waals surface area contributed by atoms with Crippen LogP contribution in [0.15, 0.2) is 36.9 Å². The summed E-state index contributed by atoms with van der Waals surface area (Å²) in [5.41, 5.74) is 1.98. The number of allylic oxidation sites excluding steroid dienone is 1. The summed E-state index contributed by atoms with van der Waals surface area (Å²) >= 11 is 0. The van der Waals surface area contributed by atoms with Gasteiger partial charge in [-0.15, -0.1) is 6.58 Å². The van der Waals surface area contributed by atoms with Gasteiger partial charge in [-0.2, -0.15) is 5.26 Å². The maximum Gasteiger partial charge on any atom is 0.0991 e. The summed E-state index contributed by atoms with van der Waals surface area (Å²) in [5.74, 6) is 0. The predicted octanol–water partition coefficient (Wildman–Crippen LogP) is 2.30. The van der Waals surface area contributed by atoms with Crippen LogP contribution in [0, 0.1) is 11.3 Å². The van der Waals surface area contributed by atoms with E-state index in [1.54, 1.807) is 0 Å². The molecule has 0 atom stereocenters. The molecule has 1 rings (SSSR count). The molecule has 0 aromatic heterocycles. The molecule has 13 heavy (non-hydrogen) atoms. The van der Waals surface area contributed by atoms with Crippen molar-refractivity contribution in [3.63, 3.8) is 0 Å². The molecule has 0 heterocycles. The van der Waals surface area contributed by atoms with Crippen LogP contribution in [0.1, 0.15) is 17.5 Å². The summed E-state index contributed by atoms with van der Waals surface area (Å²) < 4.78 is 0. The van der Waals surface area contributed by atoms with Gasteiger partial charge < -0.3 is 0 Å². The van der Waals surface area contributed by atoms with Crippen molar-refractivity contribution >= 4 is 23.1 Å². The Morgan fingerprint density at radius 3 is 2.38 bits per heavy atom. The number of hydrogen-bond acceptors (Lipinski definition) is 1. The van der Waals surface area contributed by atoms with Gasteiger partial charge in [-0.05, 0) is 30.5 Å². The fourth-order valence-electron chi connectivity index (χ4n) is 1.01. The number of nitriles is 1. The Morgan fingerprint density at radius 2 is 1.92 bits per heavy atom. The van der Waals surface area contributed by atoms with E-state index in [0.29, 0.717) is 0 Å². The molecule has 0 aliphatic heterocycles. The normalized spacial score (nSPS) is 8.23. The minimum absolute atomic E-state index is 0. The summed E-state index contributed by atoms with van der Waals surface area (Å²) in [6.45, 7) is 3.66. The quantitative estimate of drug-likeness (QED) is 0.519. The molecular formula is C11H11MgN. The first-order chi connectivity index (χ1) is 5.86. The lowest BCUT2D eigenvalue weighted by atomic mass is 10.1. The molecule has 0 aliphatic rings. The van der Waals surface area contributed by atoms with Gasteiger partial charge in [0.25, 0.3) is 0 Å². The third-order valence-electron chi connectivity index (χ3n) is 1.72. The molecule has 62 valence electrons. The minimum atomic E-state index is 0. The molecule has 1 aromatic rings. The summed E-state index contributed by atoms with van der Waals surface area (Å²) in [6.07, 6.45) is 3.90. The smallest absolute Gasteiger partial charge is 0.0991 e. The SMILES string of the molecule is C=CCCc1ccc(C#N)cc1.[Mg]. The topological polar surface area (TPSA) is 23.8 Å². The molecule has 0 bridgehead atoms.